The molecule has 0 radical (unpaired) electrons. The van der Waals surface area contributed by atoms with Gasteiger partial charge >= 0.3 is 0 Å². The molecule has 4 rings (SSSR count). The number of aliphatic imine (C=N–C) groups is 1. The molecule has 1 aromatic rings. The van der Waals surface area contributed by atoms with Crippen molar-refractivity contribution in [3.05, 3.63) is 46.6 Å². The number of ketones is 1. The molecule has 1 amide bonds. The first-order valence-electron chi connectivity index (χ1n) is 8.68. The zero-order valence-electron chi connectivity index (χ0n) is 15.3. The van der Waals surface area contributed by atoms with Crippen molar-refractivity contribution in [2.24, 2.45) is 16.3 Å². The summed E-state index contributed by atoms with van der Waals surface area (Å²) in [5.74, 6) is -1.92. The van der Waals surface area contributed by atoms with Crippen molar-refractivity contribution in [2.75, 3.05) is 0 Å². The van der Waals surface area contributed by atoms with Crippen LogP contribution in [0.3, 0.4) is 0 Å². The van der Waals surface area contributed by atoms with Crippen LogP contribution < -0.4 is 0 Å². The molecule has 0 aromatic carbocycles. The molecule has 0 saturated carbocycles. The lowest BCUT2D eigenvalue weighted by atomic mass is 9.75. The number of nitrogens with zero attached hydrogens (tertiary/aromatic N) is 3. The molecule has 6 heteroatoms. The Morgan fingerprint density at radius 3 is 2.62 bits per heavy atom. The molecule has 1 aliphatic heterocycles. The van der Waals surface area contributed by atoms with Gasteiger partial charge in [-0.1, -0.05) is 13.8 Å². The number of amides is 1. The van der Waals surface area contributed by atoms with Gasteiger partial charge < -0.3 is 0 Å². The first-order chi connectivity index (χ1) is 12.2. The summed E-state index contributed by atoms with van der Waals surface area (Å²) in [5, 5.41) is 4.52. The number of aryl methyl sites for hydroxylation is 1. The lowest BCUT2D eigenvalue weighted by molar-refractivity contribution is -0.119. The maximum Gasteiger partial charge on any atom is 0.260 e. The minimum atomic E-state index is -0.965. The lowest BCUT2D eigenvalue weighted by Gasteiger charge is -2.30. The zero-order chi connectivity index (χ0) is 18.8. The number of halogens is 1. The van der Waals surface area contributed by atoms with E-state index in [1.807, 2.05) is 13.8 Å². The summed E-state index contributed by atoms with van der Waals surface area (Å²) in [6, 6.07) is 0. The number of Topliss-reactive ketones (excluding diaryl/α,β-unsaturated/α-hetero) is 1. The van der Waals surface area contributed by atoms with Crippen molar-refractivity contribution < 1.29 is 14.0 Å². The van der Waals surface area contributed by atoms with Crippen LogP contribution in [0.4, 0.5) is 4.39 Å². The smallest absolute Gasteiger partial charge is 0.260 e. The summed E-state index contributed by atoms with van der Waals surface area (Å²) in [7, 11) is 0. The molecule has 0 spiro atoms. The number of aromatic nitrogens is 2. The van der Waals surface area contributed by atoms with E-state index in [-0.39, 0.29) is 11.2 Å². The molecule has 0 fully saturated rings. The minimum Gasteiger partial charge on any atom is -0.294 e. The predicted molar refractivity (Wildman–Crippen MR) is 96.5 cm³/mol. The molecule has 5 nitrogen and oxygen atoms in total. The molecule has 26 heavy (non-hydrogen) atoms. The van der Waals surface area contributed by atoms with E-state index in [0.717, 1.165) is 5.69 Å². The second-order valence-corrected chi connectivity index (χ2v) is 8.03. The maximum absolute atomic E-state index is 14.7. The SMILES string of the molecule is CC1=NC(=O)C2C(F)=CC(n3nc(C)c4c3CC(C)(C)CC4=O)=CC2=C1. The van der Waals surface area contributed by atoms with Crippen LogP contribution >= 0.6 is 0 Å². The standard InChI is InChI=1S/C20H20FN3O2/c1-10-5-12-6-13(7-14(21)18(12)19(26)22-10)24-15-8-20(3,4)9-16(25)17(15)11(2)23-24/h5-7,18H,8-9H2,1-4H3. The molecule has 134 valence electrons. The van der Waals surface area contributed by atoms with Crippen LogP contribution in [-0.2, 0) is 11.2 Å². The number of hydrogen-bond donors (Lipinski definition) is 0. The van der Waals surface area contributed by atoms with Crippen LogP contribution in [0.2, 0.25) is 0 Å². The van der Waals surface area contributed by atoms with Crippen LogP contribution in [0.15, 0.2) is 34.6 Å². The Kier molecular flexibility index (Phi) is 3.51. The quantitative estimate of drug-likeness (QED) is 0.775. The van der Waals surface area contributed by atoms with Crippen LogP contribution in [-0.4, -0.2) is 27.2 Å². The summed E-state index contributed by atoms with van der Waals surface area (Å²) in [4.78, 5) is 28.5. The van der Waals surface area contributed by atoms with E-state index in [2.05, 4.69) is 10.1 Å². The highest BCUT2D eigenvalue weighted by Crippen LogP contribution is 2.39. The van der Waals surface area contributed by atoms with E-state index in [1.165, 1.54) is 6.08 Å². The van der Waals surface area contributed by atoms with Gasteiger partial charge in [0, 0.05) is 12.1 Å². The fraction of sp³-hybridized carbons (Fsp3) is 0.400. The van der Waals surface area contributed by atoms with Gasteiger partial charge in [0.1, 0.15) is 11.7 Å². The van der Waals surface area contributed by atoms with Crippen molar-refractivity contribution in [1.82, 2.24) is 9.78 Å². The van der Waals surface area contributed by atoms with E-state index >= 15 is 0 Å². The Morgan fingerprint density at radius 1 is 1.15 bits per heavy atom. The highest BCUT2D eigenvalue weighted by atomic mass is 19.1. The minimum absolute atomic E-state index is 0.0776. The van der Waals surface area contributed by atoms with Crippen LogP contribution in [0.25, 0.3) is 5.70 Å². The second kappa shape index (κ2) is 5.43. The number of allylic oxidation sites excluding steroid dienone is 4. The number of hydrogen-bond acceptors (Lipinski definition) is 3. The number of fused-ring (bicyclic) bond motifs is 2. The molecule has 1 unspecified atom stereocenters. The molecular weight excluding hydrogens is 333 g/mol. The van der Waals surface area contributed by atoms with E-state index in [1.54, 1.807) is 30.7 Å². The van der Waals surface area contributed by atoms with Crippen LogP contribution in [0.1, 0.15) is 48.9 Å². The average Bonchev–Trinajstić information content (AvgIpc) is 2.81. The molecule has 1 atom stereocenters. The monoisotopic (exact) mass is 353 g/mol. The van der Waals surface area contributed by atoms with E-state index in [9.17, 15) is 14.0 Å². The van der Waals surface area contributed by atoms with Gasteiger partial charge in [-0.15, -0.1) is 0 Å². The van der Waals surface area contributed by atoms with E-state index in [4.69, 9.17) is 0 Å². The van der Waals surface area contributed by atoms with Gasteiger partial charge in [0.2, 0.25) is 0 Å². The summed E-state index contributed by atoms with van der Waals surface area (Å²) in [6.45, 7) is 7.61. The van der Waals surface area contributed by atoms with Crippen LogP contribution in [0.5, 0.6) is 0 Å². The Labute approximate surface area is 151 Å². The maximum atomic E-state index is 14.7. The average molecular weight is 353 g/mol. The number of carbonyl (C=O) groups excluding carboxylic acids is 2. The summed E-state index contributed by atoms with van der Waals surface area (Å²) in [6.07, 6.45) is 5.98. The van der Waals surface area contributed by atoms with Gasteiger partial charge in [-0.05, 0) is 49.5 Å². The van der Waals surface area contributed by atoms with Gasteiger partial charge in [0.25, 0.3) is 5.91 Å². The fourth-order valence-corrected chi connectivity index (χ4v) is 4.05. The third-order valence-electron chi connectivity index (χ3n) is 5.08. The second-order valence-electron chi connectivity index (χ2n) is 8.03. The molecule has 1 aromatic heterocycles. The highest BCUT2D eigenvalue weighted by Gasteiger charge is 2.37. The van der Waals surface area contributed by atoms with Crippen molar-refractivity contribution in [3.8, 4) is 0 Å². The Balaban J connectivity index is 1.87. The fourth-order valence-electron chi connectivity index (χ4n) is 4.05. The number of carbonyl (C=O) groups is 2. The summed E-state index contributed by atoms with van der Waals surface area (Å²) < 4.78 is 16.3. The number of dihydropyridines is 1. The third kappa shape index (κ3) is 2.52. The van der Waals surface area contributed by atoms with Gasteiger partial charge in [0.05, 0.1) is 22.6 Å². The predicted octanol–water partition coefficient (Wildman–Crippen LogP) is 3.60. The normalized spacial score (nSPS) is 24.3. The first kappa shape index (κ1) is 16.8. The number of rotatable bonds is 1. The molecule has 2 aliphatic carbocycles. The molecule has 2 heterocycles. The largest absolute Gasteiger partial charge is 0.294 e. The molecule has 0 bridgehead atoms. The van der Waals surface area contributed by atoms with Gasteiger partial charge in [-0.3, -0.25) is 9.59 Å². The van der Waals surface area contributed by atoms with E-state index in [0.29, 0.717) is 41.1 Å². The van der Waals surface area contributed by atoms with Crippen LogP contribution in [0, 0.1) is 18.3 Å². The third-order valence-corrected chi connectivity index (χ3v) is 5.08. The topological polar surface area (TPSA) is 64.3 Å². The van der Waals surface area contributed by atoms with Crippen molar-refractivity contribution >= 4 is 23.1 Å². The highest BCUT2D eigenvalue weighted by molar-refractivity contribution is 6.08. The first-order valence-corrected chi connectivity index (χ1v) is 8.68. The van der Waals surface area contributed by atoms with Gasteiger partial charge in [-0.2, -0.15) is 5.10 Å². The molecule has 0 saturated heterocycles. The summed E-state index contributed by atoms with van der Waals surface area (Å²) in [5.41, 5.74) is 3.60. The Morgan fingerprint density at radius 2 is 1.88 bits per heavy atom. The Bertz CT molecular complexity index is 989. The molecular formula is C20H20FN3O2. The summed E-state index contributed by atoms with van der Waals surface area (Å²) >= 11 is 0. The molecule has 3 aliphatic rings. The van der Waals surface area contributed by atoms with Gasteiger partial charge in [-0.25, -0.2) is 14.1 Å². The lowest BCUT2D eigenvalue weighted by Crippen LogP contribution is -2.28. The van der Waals surface area contributed by atoms with Crippen molar-refractivity contribution in [3.63, 3.8) is 0 Å². The van der Waals surface area contributed by atoms with Crippen molar-refractivity contribution in [1.29, 1.82) is 0 Å². The Hall–Kier alpha value is -2.63. The zero-order valence-corrected chi connectivity index (χ0v) is 15.3. The van der Waals surface area contributed by atoms with Gasteiger partial charge in [0.15, 0.2) is 5.78 Å². The van der Waals surface area contributed by atoms with Crippen molar-refractivity contribution in [2.45, 2.75) is 40.5 Å². The van der Waals surface area contributed by atoms with E-state index < -0.39 is 17.7 Å². The molecule has 0 N–H and O–H groups in total.